The number of morpholine rings is 2. The molecule has 2 fully saturated rings. The molecular weight excluding hydrogens is 321 g/mol. The largest absolute Gasteiger partial charge is 0.416 e. The molecular formula is C17H23F3N2O2. The lowest BCUT2D eigenvalue weighted by Crippen LogP contribution is -2.49. The Balaban J connectivity index is 1.55. The Bertz CT molecular complexity index is 533. The van der Waals surface area contributed by atoms with Crippen molar-refractivity contribution in [3.8, 4) is 0 Å². The molecule has 0 aliphatic carbocycles. The second-order valence-corrected chi connectivity index (χ2v) is 6.34. The summed E-state index contributed by atoms with van der Waals surface area (Å²) in [6, 6.07) is 5.59. The molecule has 2 aliphatic heterocycles. The lowest BCUT2D eigenvalue weighted by atomic mass is 10.1. The van der Waals surface area contributed by atoms with Crippen LogP contribution in [0.5, 0.6) is 0 Å². The molecule has 0 bridgehead atoms. The van der Waals surface area contributed by atoms with Crippen molar-refractivity contribution in [2.75, 3.05) is 52.5 Å². The van der Waals surface area contributed by atoms with Gasteiger partial charge in [0.1, 0.15) is 0 Å². The van der Waals surface area contributed by atoms with Crippen LogP contribution in [-0.2, 0) is 22.2 Å². The molecule has 3 rings (SSSR count). The number of ether oxygens (including phenoxy) is 2. The summed E-state index contributed by atoms with van der Waals surface area (Å²) in [6.45, 7) is 6.80. The quantitative estimate of drug-likeness (QED) is 0.836. The molecule has 0 radical (unpaired) electrons. The van der Waals surface area contributed by atoms with Crippen molar-refractivity contribution in [3.63, 3.8) is 0 Å². The van der Waals surface area contributed by atoms with E-state index in [1.54, 1.807) is 6.07 Å². The number of alkyl halides is 3. The van der Waals surface area contributed by atoms with Gasteiger partial charge in [-0.1, -0.05) is 18.2 Å². The Labute approximate surface area is 140 Å². The van der Waals surface area contributed by atoms with Gasteiger partial charge in [-0.25, -0.2) is 0 Å². The first-order valence-corrected chi connectivity index (χ1v) is 8.31. The van der Waals surface area contributed by atoms with Crippen LogP contribution in [0.1, 0.15) is 11.1 Å². The maximum absolute atomic E-state index is 12.8. The van der Waals surface area contributed by atoms with E-state index in [9.17, 15) is 13.2 Å². The smallest absolute Gasteiger partial charge is 0.379 e. The lowest BCUT2D eigenvalue weighted by Gasteiger charge is -2.36. The Morgan fingerprint density at radius 3 is 2.54 bits per heavy atom. The van der Waals surface area contributed by atoms with Gasteiger partial charge >= 0.3 is 6.18 Å². The molecule has 4 nitrogen and oxygen atoms in total. The molecule has 2 saturated heterocycles. The number of nitrogens with zero attached hydrogens (tertiary/aromatic N) is 2. The van der Waals surface area contributed by atoms with Crippen LogP contribution in [-0.4, -0.2) is 68.4 Å². The van der Waals surface area contributed by atoms with Crippen LogP contribution < -0.4 is 0 Å². The molecule has 134 valence electrons. The fourth-order valence-electron chi connectivity index (χ4n) is 3.21. The van der Waals surface area contributed by atoms with Gasteiger partial charge in [-0.2, -0.15) is 13.2 Å². The average molecular weight is 344 g/mol. The Hall–Kier alpha value is -1.15. The van der Waals surface area contributed by atoms with Gasteiger partial charge in [-0.05, 0) is 11.6 Å². The van der Waals surface area contributed by atoms with E-state index in [1.807, 2.05) is 0 Å². The second kappa shape index (κ2) is 7.82. The highest BCUT2D eigenvalue weighted by atomic mass is 19.4. The summed E-state index contributed by atoms with van der Waals surface area (Å²) >= 11 is 0. The molecule has 0 amide bonds. The van der Waals surface area contributed by atoms with Crippen LogP contribution >= 0.6 is 0 Å². The minimum Gasteiger partial charge on any atom is -0.379 e. The third-order valence-corrected chi connectivity index (χ3v) is 4.45. The molecule has 0 spiro atoms. The molecule has 2 heterocycles. The number of halogens is 3. The molecule has 1 unspecified atom stereocenters. The normalized spacial score (nSPS) is 24.2. The van der Waals surface area contributed by atoms with Crippen LogP contribution in [0, 0.1) is 0 Å². The monoisotopic (exact) mass is 344 g/mol. The average Bonchev–Trinajstić information content (AvgIpc) is 2.56. The first-order valence-electron chi connectivity index (χ1n) is 8.31. The molecule has 0 aromatic heterocycles. The van der Waals surface area contributed by atoms with Crippen molar-refractivity contribution in [2.45, 2.75) is 18.8 Å². The Morgan fingerprint density at radius 1 is 1.04 bits per heavy atom. The zero-order chi connectivity index (χ0) is 17.0. The maximum Gasteiger partial charge on any atom is 0.416 e. The Kier molecular flexibility index (Phi) is 5.76. The van der Waals surface area contributed by atoms with E-state index in [-0.39, 0.29) is 6.10 Å². The first-order chi connectivity index (χ1) is 11.5. The summed E-state index contributed by atoms with van der Waals surface area (Å²) < 4.78 is 49.6. The van der Waals surface area contributed by atoms with Crippen molar-refractivity contribution in [3.05, 3.63) is 35.4 Å². The third-order valence-electron chi connectivity index (χ3n) is 4.45. The maximum atomic E-state index is 12.8. The van der Waals surface area contributed by atoms with Crippen LogP contribution in [0.4, 0.5) is 13.2 Å². The van der Waals surface area contributed by atoms with E-state index in [0.29, 0.717) is 18.7 Å². The minimum atomic E-state index is -4.29. The van der Waals surface area contributed by atoms with E-state index < -0.39 is 11.7 Å². The van der Waals surface area contributed by atoms with Crippen molar-refractivity contribution in [1.82, 2.24) is 9.80 Å². The summed E-state index contributed by atoms with van der Waals surface area (Å²) in [5.74, 6) is 0. The van der Waals surface area contributed by atoms with Gasteiger partial charge in [-0.3, -0.25) is 9.80 Å². The van der Waals surface area contributed by atoms with Crippen molar-refractivity contribution in [2.24, 2.45) is 0 Å². The molecule has 1 aromatic rings. The van der Waals surface area contributed by atoms with Crippen LogP contribution in [0.2, 0.25) is 0 Å². The van der Waals surface area contributed by atoms with Crippen molar-refractivity contribution in [1.29, 1.82) is 0 Å². The highest BCUT2D eigenvalue weighted by molar-refractivity contribution is 5.25. The van der Waals surface area contributed by atoms with E-state index in [0.717, 1.165) is 52.0 Å². The van der Waals surface area contributed by atoms with Gasteiger partial charge in [0, 0.05) is 39.3 Å². The molecule has 0 saturated carbocycles. The highest BCUT2D eigenvalue weighted by Crippen LogP contribution is 2.29. The fourth-order valence-corrected chi connectivity index (χ4v) is 3.21. The highest BCUT2D eigenvalue weighted by Gasteiger charge is 2.30. The third kappa shape index (κ3) is 4.92. The standard InChI is InChI=1S/C17H23F3N2O2/c18-17(19,20)15-3-1-2-14(10-15)11-22-6-9-24-16(13-22)12-21-4-7-23-8-5-21/h1-3,10,16H,4-9,11-13H2. The second-order valence-electron chi connectivity index (χ2n) is 6.34. The number of rotatable bonds is 4. The topological polar surface area (TPSA) is 24.9 Å². The molecule has 1 atom stereocenters. The number of hydrogen-bond acceptors (Lipinski definition) is 4. The number of hydrogen-bond donors (Lipinski definition) is 0. The van der Waals surface area contributed by atoms with E-state index >= 15 is 0 Å². The molecule has 24 heavy (non-hydrogen) atoms. The van der Waals surface area contributed by atoms with Gasteiger partial charge in [-0.15, -0.1) is 0 Å². The number of benzene rings is 1. The van der Waals surface area contributed by atoms with E-state index in [1.165, 1.54) is 12.1 Å². The van der Waals surface area contributed by atoms with E-state index in [2.05, 4.69) is 9.80 Å². The molecule has 2 aliphatic rings. The summed E-state index contributed by atoms with van der Waals surface area (Å²) in [5.41, 5.74) is 0.106. The summed E-state index contributed by atoms with van der Waals surface area (Å²) in [4.78, 5) is 4.49. The van der Waals surface area contributed by atoms with Gasteiger partial charge in [0.15, 0.2) is 0 Å². The zero-order valence-corrected chi connectivity index (χ0v) is 13.6. The van der Waals surface area contributed by atoms with Crippen molar-refractivity contribution < 1.29 is 22.6 Å². The summed E-state index contributed by atoms with van der Waals surface area (Å²) in [6.07, 6.45) is -4.19. The van der Waals surface area contributed by atoms with Gasteiger partial charge in [0.25, 0.3) is 0 Å². The minimum absolute atomic E-state index is 0.0997. The zero-order valence-electron chi connectivity index (χ0n) is 13.6. The lowest BCUT2D eigenvalue weighted by molar-refractivity contribution is -0.137. The van der Waals surface area contributed by atoms with Crippen molar-refractivity contribution >= 4 is 0 Å². The van der Waals surface area contributed by atoms with Gasteiger partial charge in [0.2, 0.25) is 0 Å². The summed E-state index contributed by atoms with van der Waals surface area (Å²) in [7, 11) is 0. The molecule has 1 aromatic carbocycles. The van der Waals surface area contributed by atoms with Gasteiger partial charge < -0.3 is 9.47 Å². The van der Waals surface area contributed by atoms with Crippen LogP contribution in [0.3, 0.4) is 0 Å². The van der Waals surface area contributed by atoms with Crippen LogP contribution in [0.15, 0.2) is 24.3 Å². The van der Waals surface area contributed by atoms with Gasteiger partial charge in [0.05, 0.1) is 31.5 Å². The summed E-state index contributed by atoms with van der Waals surface area (Å²) in [5, 5.41) is 0. The van der Waals surface area contributed by atoms with Crippen LogP contribution in [0.25, 0.3) is 0 Å². The molecule has 7 heteroatoms. The predicted molar refractivity (Wildman–Crippen MR) is 83.7 cm³/mol. The molecule has 0 N–H and O–H groups in total. The van der Waals surface area contributed by atoms with E-state index in [4.69, 9.17) is 9.47 Å². The Morgan fingerprint density at radius 2 is 1.79 bits per heavy atom. The SMILES string of the molecule is FC(F)(F)c1cccc(CN2CCOC(CN3CCOCC3)C2)c1. The first kappa shape index (κ1) is 17.7. The fraction of sp³-hybridized carbons (Fsp3) is 0.647. The predicted octanol–water partition coefficient (Wildman–Crippen LogP) is 2.24.